The molecule has 19 heavy (non-hydrogen) atoms. The fraction of sp³-hybridized carbons (Fsp3) is 0.231. The van der Waals surface area contributed by atoms with Gasteiger partial charge in [-0.2, -0.15) is 0 Å². The summed E-state index contributed by atoms with van der Waals surface area (Å²) in [7, 11) is 0. The van der Waals surface area contributed by atoms with Crippen LogP contribution in [0, 0.1) is 10.1 Å². The number of primary amides is 1. The largest absolute Gasteiger partial charge is 0.369 e. The molecule has 0 bridgehead atoms. The van der Waals surface area contributed by atoms with Crippen LogP contribution in [0.2, 0.25) is 0 Å². The Bertz CT molecular complexity index is 580. The van der Waals surface area contributed by atoms with Crippen LogP contribution in [0.3, 0.4) is 0 Å². The maximum absolute atomic E-state index is 11.9. The van der Waals surface area contributed by atoms with Crippen molar-refractivity contribution in [2.24, 2.45) is 10.7 Å². The Morgan fingerprint density at radius 3 is 2.58 bits per heavy atom. The van der Waals surface area contributed by atoms with Crippen LogP contribution in [0.1, 0.15) is 12.5 Å². The normalized spacial score (nSPS) is 25.7. The van der Waals surface area contributed by atoms with Crippen molar-refractivity contribution in [3.63, 3.8) is 0 Å². The van der Waals surface area contributed by atoms with Crippen molar-refractivity contribution in [1.82, 2.24) is 0 Å². The van der Waals surface area contributed by atoms with Gasteiger partial charge in [0, 0.05) is 6.08 Å². The Labute approximate surface area is 109 Å². The van der Waals surface area contributed by atoms with Crippen LogP contribution in [0.4, 0.5) is 0 Å². The number of carbonyl (C=O) groups is 1. The first kappa shape index (κ1) is 12.9. The molecular weight excluding hydrogens is 246 g/mol. The smallest absolute Gasteiger partial charge is 0.284 e. The third kappa shape index (κ3) is 2.01. The number of dihydropyridines is 1. The molecule has 1 aliphatic rings. The van der Waals surface area contributed by atoms with Crippen LogP contribution >= 0.6 is 0 Å². The lowest BCUT2D eigenvalue weighted by atomic mass is 9.72. The summed E-state index contributed by atoms with van der Waals surface area (Å²) in [6, 6.07) is 8.26. The van der Waals surface area contributed by atoms with E-state index >= 15 is 0 Å². The van der Waals surface area contributed by atoms with E-state index < -0.39 is 22.3 Å². The van der Waals surface area contributed by atoms with Gasteiger partial charge in [0.25, 0.3) is 5.70 Å². The fourth-order valence-corrected chi connectivity index (χ4v) is 2.25. The minimum absolute atomic E-state index is 0.222. The molecule has 2 atom stereocenters. The van der Waals surface area contributed by atoms with Gasteiger partial charge in [0.15, 0.2) is 0 Å². The number of hydrogen-bond acceptors (Lipinski definition) is 4. The summed E-state index contributed by atoms with van der Waals surface area (Å²) in [6.07, 6.45) is 2.46. The molecule has 0 saturated carbocycles. The van der Waals surface area contributed by atoms with E-state index in [4.69, 9.17) is 5.73 Å². The predicted molar refractivity (Wildman–Crippen MR) is 70.3 cm³/mol. The fourth-order valence-electron chi connectivity index (χ4n) is 2.25. The van der Waals surface area contributed by atoms with Gasteiger partial charge >= 0.3 is 0 Å². The Kier molecular flexibility index (Phi) is 3.16. The van der Waals surface area contributed by atoms with E-state index in [1.807, 2.05) is 0 Å². The molecule has 6 heteroatoms. The third-order valence-electron chi connectivity index (χ3n) is 3.33. The predicted octanol–water partition coefficient (Wildman–Crippen LogP) is 1.04. The van der Waals surface area contributed by atoms with Gasteiger partial charge in [-0.15, -0.1) is 0 Å². The minimum Gasteiger partial charge on any atom is -0.369 e. The first-order valence-corrected chi connectivity index (χ1v) is 5.74. The summed E-state index contributed by atoms with van der Waals surface area (Å²) < 4.78 is 0. The zero-order chi connectivity index (χ0) is 14.0. The van der Waals surface area contributed by atoms with Gasteiger partial charge in [0.1, 0.15) is 5.41 Å². The average Bonchev–Trinajstić information content (AvgIpc) is 2.39. The topological polar surface area (TPSA) is 98.6 Å². The van der Waals surface area contributed by atoms with Crippen molar-refractivity contribution in [3.8, 4) is 0 Å². The van der Waals surface area contributed by atoms with Gasteiger partial charge in [-0.05, 0) is 12.5 Å². The first-order valence-electron chi connectivity index (χ1n) is 5.74. The Morgan fingerprint density at radius 2 is 2.05 bits per heavy atom. The molecule has 0 aromatic heterocycles. The Hall–Kier alpha value is -2.50. The van der Waals surface area contributed by atoms with Gasteiger partial charge in [0.2, 0.25) is 5.91 Å². The number of amides is 1. The standard InChI is InChI=1S/C13H13N3O3/c1-9-13(12(14)17,10-5-3-2-4-6-10)7-11(8-15-9)16(18)19/h2-9H,1H3,(H2,14,17). The molecule has 2 unspecified atom stereocenters. The molecular formula is C13H13N3O3. The Morgan fingerprint density at radius 1 is 1.42 bits per heavy atom. The molecule has 0 fully saturated rings. The van der Waals surface area contributed by atoms with Gasteiger partial charge in [0.05, 0.1) is 17.2 Å². The second kappa shape index (κ2) is 4.64. The van der Waals surface area contributed by atoms with Crippen LogP contribution in [0.15, 0.2) is 47.1 Å². The highest BCUT2D eigenvalue weighted by atomic mass is 16.6. The van der Waals surface area contributed by atoms with Crippen LogP contribution in [-0.4, -0.2) is 23.1 Å². The summed E-state index contributed by atoms with van der Waals surface area (Å²) in [6.45, 7) is 1.71. The van der Waals surface area contributed by atoms with E-state index in [0.29, 0.717) is 5.56 Å². The molecule has 1 aliphatic heterocycles. The van der Waals surface area contributed by atoms with Crippen LogP contribution < -0.4 is 5.73 Å². The summed E-state index contributed by atoms with van der Waals surface area (Å²) >= 11 is 0. The summed E-state index contributed by atoms with van der Waals surface area (Å²) in [5.41, 5.74) is 4.61. The number of rotatable bonds is 3. The number of nitrogens with zero attached hydrogens (tertiary/aromatic N) is 2. The molecule has 98 valence electrons. The number of allylic oxidation sites excluding steroid dienone is 1. The summed E-state index contributed by atoms with van der Waals surface area (Å²) in [4.78, 5) is 26.3. The van der Waals surface area contributed by atoms with E-state index in [1.54, 1.807) is 37.3 Å². The van der Waals surface area contributed by atoms with E-state index in [1.165, 1.54) is 6.08 Å². The number of nitro groups is 1. The number of benzene rings is 1. The molecule has 6 nitrogen and oxygen atoms in total. The van der Waals surface area contributed by atoms with Crippen LogP contribution in [-0.2, 0) is 10.2 Å². The molecule has 1 aromatic carbocycles. The van der Waals surface area contributed by atoms with E-state index in [9.17, 15) is 14.9 Å². The monoisotopic (exact) mass is 259 g/mol. The van der Waals surface area contributed by atoms with Gasteiger partial charge in [-0.1, -0.05) is 30.3 Å². The first-order chi connectivity index (χ1) is 8.98. The summed E-state index contributed by atoms with van der Waals surface area (Å²) in [5.74, 6) is -0.651. The average molecular weight is 259 g/mol. The lowest BCUT2D eigenvalue weighted by molar-refractivity contribution is -0.415. The van der Waals surface area contributed by atoms with Crippen molar-refractivity contribution >= 4 is 12.1 Å². The van der Waals surface area contributed by atoms with Crippen molar-refractivity contribution in [2.75, 3.05) is 0 Å². The second-order valence-electron chi connectivity index (χ2n) is 4.38. The number of nitrogens with two attached hydrogens (primary N) is 1. The van der Waals surface area contributed by atoms with E-state index in [2.05, 4.69) is 4.99 Å². The second-order valence-corrected chi connectivity index (χ2v) is 4.38. The van der Waals surface area contributed by atoms with E-state index in [-0.39, 0.29) is 5.70 Å². The highest BCUT2D eigenvalue weighted by Crippen LogP contribution is 2.34. The zero-order valence-electron chi connectivity index (χ0n) is 10.3. The van der Waals surface area contributed by atoms with Gasteiger partial charge in [-0.3, -0.25) is 19.9 Å². The SMILES string of the molecule is CC1N=CC([N+](=O)[O-])=CC1(C(N)=O)c1ccccc1. The van der Waals surface area contributed by atoms with Crippen molar-refractivity contribution in [1.29, 1.82) is 0 Å². The van der Waals surface area contributed by atoms with Crippen LogP contribution in [0.5, 0.6) is 0 Å². The molecule has 0 aliphatic carbocycles. The Balaban J connectivity index is 2.66. The molecule has 0 radical (unpaired) electrons. The maximum Gasteiger partial charge on any atom is 0.284 e. The lowest BCUT2D eigenvalue weighted by Crippen LogP contribution is -2.49. The van der Waals surface area contributed by atoms with Crippen molar-refractivity contribution in [3.05, 3.63) is 57.8 Å². The van der Waals surface area contributed by atoms with Crippen molar-refractivity contribution in [2.45, 2.75) is 18.4 Å². The molecule has 1 aromatic rings. The zero-order valence-corrected chi connectivity index (χ0v) is 10.3. The van der Waals surface area contributed by atoms with E-state index in [0.717, 1.165) is 6.21 Å². The van der Waals surface area contributed by atoms with Crippen LogP contribution in [0.25, 0.3) is 0 Å². The highest BCUT2D eigenvalue weighted by Gasteiger charge is 2.45. The number of aliphatic imine (C=N–C) groups is 1. The molecule has 0 spiro atoms. The number of hydrogen-bond donors (Lipinski definition) is 1. The summed E-state index contributed by atoms with van der Waals surface area (Å²) in [5, 5.41) is 10.9. The molecule has 1 heterocycles. The minimum atomic E-state index is -1.28. The van der Waals surface area contributed by atoms with Gasteiger partial charge < -0.3 is 5.73 Å². The van der Waals surface area contributed by atoms with Crippen molar-refractivity contribution < 1.29 is 9.72 Å². The molecule has 2 N–H and O–H groups in total. The third-order valence-corrected chi connectivity index (χ3v) is 3.33. The molecule has 1 amide bonds. The quantitative estimate of drug-likeness (QED) is 0.648. The lowest BCUT2D eigenvalue weighted by Gasteiger charge is -2.32. The maximum atomic E-state index is 11.9. The molecule has 2 rings (SSSR count). The highest BCUT2D eigenvalue weighted by molar-refractivity contribution is 5.93. The molecule has 0 saturated heterocycles. The number of carbonyl (C=O) groups excluding carboxylic acids is 1. The van der Waals surface area contributed by atoms with Gasteiger partial charge in [-0.25, -0.2) is 0 Å².